The van der Waals surface area contributed by atoms with E-state index in [9.17, 15) is 23.2 Å². The fraction of sp³-hybridized carbons (Fsp3) is 0.438. The Labute approximate surface area is 135 Å². The Balaban J connectivity index is 1.85. The van der Waals surface area contributed by atoms with Crippen LogP contribution in [0.2, 0.25) is 0 Å². The maximum Gasteiger partial charge on any atom is 0.416 e. The summed E-state index contributed by atoms with van der Waals surface area (Å²) < 4.78 is 38.2. The fourth-order valence-electron chi connectivity index (χ4n) is 3.02. The molecule has 3 rings (SSSR count). The van der Waals surface area contributed by atoms with Gasteiger partial charge in [0, 0.05) is 0 Å². The summed E-state index contributed by atoms with van der Waals surface area (Å²) in [7, 11) is 0. The third-order valence-electron chi connectivity index (χ3n) is 4.40. The van der Waals surface area contributed by atoms with Crippen LogP contribution < -0.4 is 5.32 Å². The second-order valence-corrected chi connectivity index (χ2v) is 6.02. The molecule has 1 aliphatic rings. The van der Waals surface area contributed by atoms with Gasteiger partial charge in [-0.05, 0) is 31.0 Å². The van der Waals surface area contributed by atoms with Crippen molar-refractivity contribution in [3.05, 3.63) is 23.8 Å². The molecule has 1 aromatic heterocycles. The number of nitrogens with zero attached hydrogens (tertiary/aromatic N) is 2. The second kappa shape index (κ2) is 5.82. The minimum atomic E-state index is -4.45. The molecule has 1 heterocycles. The fourth-order valence-corrected chi connectivity index (χ4v) is 3.02. The number of rotatable bonds is 2. The van der Waals surface area contributed by atoms with Gasteiger partial charge in [-0.3, -0.25) is 10.1 Å². The zero-order valence-corrected chi connectivity index (χ0v) is 12.7. The highest BCUT2D eigenvalue weighted by molar-refractivity contribution is 5.97. The summed E-state index contributed by atoms with van der Waals surface area (Å²) in [5.74, 6) is -0.408. The predicted octanol–water partition coefficient (Wildman–Crippen LogP) is 3.99. The van der Waals surface area contributed by atoms with Gasteiger partial charge in [0.25, 0.3) is 0 Å². The van der Waals surface area contributed by atoms with E-state index in [0.717, 1.165) is 31.4 Å². The monoisotopic (exact) mass is 336 g/mol. The lowest BCUT2D eigenvalue weighted by atomic mass is 9.74. The van der Waals surface area contributed by atoms with Gasteiger partial charge in [0.05, 0.1) is 22.7 Å². The van der Waals surface area contributed by atoms with Gasteiger partial charge < -0.3 is 4.98 Å². The van der Waals surface area contributed by atoms with Crippen molar-refractivity contribution in [2.45, 2.75) is 38.3 Å². The number of nitriles is 1. The van der Waals surface area contributed by atoms with Crippen molar-refractivity contribution < 1.29 is 18.0 Å². The summed E-state index contributed by atoms with van der Waals surface area (Å²) in [5.41, 5.74) is -1.39. The molecule has 126 valence electrons. The quantitative estimate of drug-likeness (QED) is 0.870. The van der Waals surface area contributed by atoms with Gasteiger partial charge in [0.15, 0.2) is 0 Å². The Morgan fingerprint density at radius 1 is 1.29 bits per heavy atom. The maximum atomic E-state index is 12.7. The molecule has 0 unspecified atom stereocenters. The van der Waals surface area contributed by atoms with E-state index in [1.54, 1.807) is 0 Å². The Morgan fingerprint density at radius 2 is 2.00 bits per heavy atom. The summed E-state index contributed by atoms with van der Waals surface area (Å²) in [6.45, 7) is 0. The number of alkyl halides is 3. The summed E-state index contributed by atoms with van der Waals surface area (Å²) in [6.07, 6.45) is -0.898. The molecular formula is C16H15F3N4O. The average molecular weight is 336 g/mol. The van der Waals surface area contributed by atoms with E-state index in [4.69, 9.17) is 0 Å². The Hall–Kier alpha value is -2.56. The predicted molar refractivity (Wildman–Crippen MR) is 80.9 cm³/mol. The summed E-state index contributed by atoms with van der Waals surface area (Å²) in [4.78, 5) is 19.2. The highest BCUT2D eigenvalue weighted by Gasteiger charge is 2.40. The number of halogens is 3. The molecule has 2 N–H and O–H groups in total. The molecule has 1 saturated carbocycles. The lowest BCUT2D eigenvalue weighted by Crippen LogP contribution is -2.37. The van der Waals surface area contributed by atoms with Crippen molar-refractivity contribution >= 4 is 22.9 Å². The number of H-pyrrole nitrogens is 1. The average Bonchev–Trinajstić information content (AvgIpc) is 2.95. The first kappa shape index (κ1) is 16.3. The Morgan fingerprint density at radius 3 is 2.62 bits per heavy atom. The SMILES string of the molecule is N#CC1(C(=O)Nc2nc3ccc(C(F)(F)F)cc3[nH]2)CCCCC1. The van der Waals surface area contributed by atoms with Gasteiger partial charge in [-0.1, -0.05) is 19.3 Å². The van der Waals surface area contributed by atoms with Gasteiger partial charge in [0.1, 0.15) is 5.41 Å². The molecule has 1 aliphatic carbocycles. The van der Waals surface area contributed by atoms with Crippen LogP contribution in [0.5, 0.6) is 0 Å². The highest BCUT2D eigenvalue weighted by atomic mass is 19.4. The number of benzene rings is 1. The first-order valence-electron chi connectivity index (χ1n) is 7.64. The van der Waals surface area contributed by atoms with Crippen LogP contribution >= 0.6 is 0 Å². The number of carbonyl (C=O) groups excluding carboxylic acids is 1. The number of anilines is 1. The van der Waals surface area contributed by atoms with Gasteiger partial charge >= 0.3 is 6.18 Å². The number of aromatic amines is 1. The van der Waals surface area contributed by atoms with E-state index in [-0.39, 0.29) is 11.5 Å². The van der Waals surface area contributed by atoms with Crippen LogP contribution in [0, 0.1) is 16.7 Å². The zero-order valence-electron chi connectivity index (χ0n) is 12.7. The molecule has 1 amide bonds. The van der Waals surface area contributed by atoms with Crippen LogP contribution in [-0.4, -0.2) is 15.9 Å². The van der Waals surface area contributed by atoms with Crippen LogP contribution in [0.15, 0.2) is 18.2 Å². The number of hydrogen-bond acceptors (Lipinski definition) is 3. The molecule has 5 nitrogen and oxygen atoms in total. The molecule has 0 aliphatic heterocycles. The molecule has 0 saturated heterocycles. The topological polar surface area (TPSA) is 81.6 Å². The molecule has 24 heavy (non-hydrogen) atoms. The molecule has 2 aromatic rings. The van der Waals surface area contributed by atoms with Crippen molar-refractivity contribution in [1.29, 1.82) is 5.26 Å². The minimum Gasteiger partial charge on any atom is -0.324 e. The number of nitrogens with one attached hydrogen (secondary N) is 2. The van der Waals surface area contributed by atoms with Gasteiger partial charge in [-0.15, -0.1) is 0 Å². The molecule has 0 bridgehead atoms. The van der Waals surface area contributed by atoms with Crippen LogP contribution in [0.25, 0.3) is 11.0 Å². The van der Waals surface area contributed by atoms with Crippen molar-refractivity contribution in [1.82, 2.24) is 9.97 Å². The van der Waals surface area contributed by atoms with E-state index in [2.05, 4.69) is 21.4 Å². The van der Waals surface area contributed by atoms with Crippen LogP contribution in [0.1, 0.15) is 37.7 Å². The molecule has 8 heteroatoms. The van der Waals surface area contributed by atoms with E-state index >= 15 is 0 Å². The number of amides is 1. The van der Waals surface area contributed by atoms with E-state index in [1.807, 2.05) is 0 Å². The van der Waals surface area contributed by atoms with Gasteiger partial charge in [-0.25, -0.2) is 4.98 Å². The van der Waals surface area contributed by atoms with Crippen molar-refractivity contribution in [3.63, 3.8) is 0 Å². The van der Waals surface area contributed by atoms with Gasteiger partial charge in [-0.2, -0.15) is 18.4 Å². The minimum absolute atomic E-state index is 0.0505. The standard InChI is InChI=1S/C16H15F3N4O/c17-16(18,19)10-4-5-11-12(8-10)22-14(21-11)23-13(24)15(9-20)6-2-1-3-7-15/h4-5,8H,1-3,6-7H2,(H2,21,22,23,24). The van der Waals surface area contributed by atoms with E-state index in [0.29, 0.717) is 18.4 Å². The zero-order chi connectivity index (χ0) is 17.4. The summed E-state index contributed by atoms with van der Waals surface area (Å²) in [5, 5.41) is 11.9. The second-order valence-electron chi connectivity index (χ2n) is 6.02. The molecule has 0 spiro atoms. The normalized spacial score (nSPS) is 17.4. The molecule has 1 aromatic carbocycles. The van der Waals surface area contributed by atoms with Crippen LogP contribution in [-0.2, 0) is 11.0 Å². The van der Waals surface area contributed by atoms with E-state index < -0.39 is 23.1 Å². The first-order valence-corrected chi connectivity index (χ1v) is 7.64. The summed E-state index contributed by atoms with van der Waals surface area (Å²) in [6, 6.07) is 5.22. The highest BCUT2D eigenvalue weighted by Crippen LogP contribution is 2.37. The number of aromatic nitrogens is 2. The first-order chi connectivity index (χ1) is 11.3. The van der Waals surface area contributed by atoms with Crippen LogP contribution in [0.4, 0.5) is 19.1 Å². The lowest BCUT2D eigenvalue weighted by molar-refractivity contribution is -0.137. The van der Waals surface area contributed by atoms with Crippen molar-refractivity contribution in [2.24, 2.45) is 5.41 Å². The molecule has 1 fully saturated rings. The molecular weight excluding hydrogens is 321 g/mol. The third-order valence-corrected chi connectivity index (χ3v) is 4.40. The number of fused-ring (bicyclic) bond motifs is 1. The number of hydrogen-bond donors (Lipinski definition) is 2. The summed E-state index contributed by atoms with van der Waals surface area (Å²) >= 11 is 0. The van der Waals surface area contributed by atoms with Crippen molar-refractivity contribution in [2.75, 3.05) is 5.32 Å². The Kier molecular flexibility index (Phi) is 3.95. The Bertz CT molecular complexity index is 813. The largest absolute Gasteiger partial charge is 0.416 e. The molecule has 0 radical (unpaired) electrons. The number of carbonyl (C=O) groups is 1. The molecule has 0 atom stereocenters. The van der Waals surface area contributed by atoms with Crippen LogP contribution in [0.3, 0.4) is 0 Å². The number of imidazole rings is 1. The van der Waals surface area contributed by atoms with Gasteiger partial charge in [0.2, 0.25) is 11.9 Å². The van der Waals surface area contributed by atoms with Crippen molar-refractivity contribution in [3.8, 4) is 6.07 Å². The smallest absolute Gasteiger partial charge is 0.324 e. The third kappa shape index (κ3) is 2.94. The van der Waals surface area contributed by atoms with E-state index in [1.165, 1.54) is 6.07 Å². The lowest BCUT2D eigenvalue weighted by Gasteiger charge is -2.28. The maximum absolute atomic E-state index is 12.7.